The molecule has 56 heavy (non-hydrogen) atoms. The van der Waals surface area contributed by atoms with Crippen LogP contribution in [0, 0.1) is 32.8 Å². The number of fused-ring (bicyclic) bond motifs is 4. The van der Waals surface area contributed by atoms with Gasteiger partial charge in [-0.3, -0.25) is 9.97 Å². The van der Waals surface area contributed by atoms with Crippen LogP contribution < -0.4 is 0 Å². The topological polar surface area (TPSA) is 56.7 Å². The average molecular weight is 915 g/mol. The van der Waals surface area contributed by atoms with E-state index in [1.165, 1.54) is 41.2 Å². The van der Waals surface area contributed by atoms with Gasteiger partial charge in [0.15, 0.2) is 0 Å². The standard InChI is InChI=1S/C37H32N3O.C13H12N.Ir/c1-22(2)26-16-11-17-27(23(3)4)35(26)40-32-21-31(25-13-7-6-8-14-25)38-24(5)34(32)39-37(40)30-19-12-18-29-28-15-9-10-20-33(28)41-36(29)30;1-10-3-6-12(7-4-10)13-8-5-11(2)9-14-13;/h6-18,20-23H,1-5H3;3-6,8-9H,1-2H3;/q2*-1;/i;1D3,2D3;. The second-order valence-electron chi connectivity index (χ2n) is 14.3. The first-order chi connectivity index (χ1) is 29.1. The van der Waals surface area contributed by atoms with Crippen LogP contribution in [0.5, 0.6) is 0 Å². The van der Waals surface area contributed by atoms with E-state index in [0.717, 1.165) is 61.3 Å². The Bertz CT molecular complexity index is 2930. The first-order valence-corrected chi connectivity index (χ1v) is 18.5. The molecule has 9 rings (SSSR count). The van der Waals surface area contributed by atoms with Crippen LogP contribution in [0.4, 0.5) is 0 Å². The number of para-hydroxylation sites is 2. The Morgan fingerprint density at radius 1 is 0.714 bits per heavy atom. The normalized spacial score (nSPS) is 13.3. The second kappa shape index (κ2) is 16.2. The SMILES string of the molecule is Cc1nc(-c2ccccc2)cc2c1nc(-c1[c-]ccc3c1oc1ccccc13)n2-c1c(C(C)C)cccc1C(C)C.[2H]C([2H])([2H])c1c[c-]c(-c2ccc(C([2H])([2H])[2H])cn2)cc1.[Ir]. The smallest absolute Gasteiger partial charge is 0.120 e. The Morgan fingerprint density at radius 2 is 1.45 bits per heavy atom. The summed E-state index contributed by atoms with van der Waals surface area (Å²) in [6.45, 7) is 6.76. The molecular formula is C50H44IrN4O-2. The summed E-state index contributed by atoms with van der Waals surface area (Å²) in [6, 6.07) is 45.5. The molecule has 0 aliphatic heterocycles. The van der Waals surface area contributed by atoms with Crippen LogP contribution in [0.1, 0.15) is 75.7 Å². The first kappa shape index (κ1) is 31.5. The summed E-state index contributed by atoms with van der Waals surface area (Å²) in [5.41, 5.74) is 12.6. The van der Waals surface area contributed by atoms with Gasteiger partial charge in [-0.25, -0.2) is 0 Å². The molecule has 4 heterocycles. The molecule has 0 bridgehead atoms. The van der Waals surface area contributed by atoms with E-state index in [-0.39, 0.29) is 31.2 Å². The van der Waals surface area contributed by atoms with Crippen LogP contribution in [0.3, 0.4) is 0 Å². The molecule has 6 heteroatoms. The number of aryl methyl sites for hydroxylation is 3. The predicted octanol–water partition coefficient (Wildman–Crippen LogP) is 13.2. The zero-order chi connectivity index (χ0) is 43.2. The average Bonchev–Trinajstić information content (AvgIpc) is 3.82. The van der Waals surface area contributed by atoms with E-state index in [2.05, 4.69) is 123 Å². The third-order valence-corrected chi connectivity index (χ3v) is 9.87. The molecule has 0 atom stereocenters. The molecule has 4 aromatic heterocycles. The molecular weight excluding hydrogens is 865 g/mol. The zero-order valence-electron chi connectivity index (χ0n) is 37.8. The van der Waals surface area contributed by atoms with Crippen molar-refractivity contribution in [2.24, 2.45) is 0 Å². The zero-order valence-corrected chi connectivity index (χ0v) is 34.2. The van der Waals surface area contributed by atoms with E-state index in [4.69, 9.17) is 22.6 Å². The van der Waals surface area contributed by atoms with Crippen LogP contribution in [0.2, 0.25) is 0 Å². The minimum Gasteiger partial charge on any atom is -0.501 e. The van der Waals surface area contributed by atoms with E-state index in [1.54, 1.807) is 12.1 Å². The minimum absolute atomic E-state index is 0. The Labute approximate surface area is 351 Å². The maximum Gasteiger partial charge on any atom is 0.120 e. The number of imidazole rings is 1. The molecule has 0 spiro atoms. The first-order valence-electron chi connectivity index (χ1n) is 21.5. The molecule has 5 aromatic carbocycles. The minimum atomic E-state index is -2.18. The summed E-state index contributed by atoms with van der Waals surface area (Å²) < 4.78 is 52.5. The van der Waals surface area contributed by atoms with Gasteiger partial charge in [0, 0.05) is 51.2 Å². The molecule has 9 aromatic rings. The third-order valence-electron chi connectivity index (χ3n) is 9.87. The summed E-state index contributed by atoms with van der Waals surface area (Å²) in [6.07, 6.45) is 1.30. The predicted molar refractivity (Wildman–Crippen MR) is 227 cm³/mol. The molecule has 0 aliphatic carbocycles. The Balaban J connectivity index is 0.000000233. The fraction of sp³-hybridized carbons (Fsp3) is 0.180. The van der Waals surface area contributed by atoms with Crippen LogP contribution >= 0.6 is 0 Å². The fourth-order valence-electron chi connectivity index (χ4n) is 7.14. The molecule has 0 saturated carbocycles. The number of hydrogen-bond donors (Lipinski definition) is 0. The van der Waals surface area contributed by atoms with Crippen molar-refractivity contribution < 1.29 is 32.7 Å². The molecule has 5 nitrogen and oxygen atoms in total. The van der Waals surface area contributed by atoms with Crippen LogP contribution in [0.15, 0.2) is 132 Å². The molecule has 281 valence electrons. The van der Waals surface area contributed by atoms with Crippen molar-refractivity contribution in [1.82, 2.24) is 19.5 Å². The second-order valence-corrected chi connectivity index (χ2v) is 14.3. The maximum absolute atomic E-state index is 7.28. The molecule has 0 amide bonds. The van der Waals surface area contributed by atoms with Gasteiger partial charge in [0.1, 0.15) is 5.58 Å². The molecule has 0 N–H and O–H groups in total. The van der Waals surface area contributed by atoms with E-state index < -0.39 is 13.7 Å². The maximum atomic E-state index is 7.28. The summed E-state index contributed by atoms with van der Waals surface area (Å²) in [7, 11) is 0. The van der Waals surface area contributed by atoms with Crippen molar-refractivity contribution in [2.75, 3.05) is 0 Å². The van der Waals surface area contributed by atoms with Gasteiger partial charge in [-0.15, -0.1) is 53.6 Å². The summed E-state index contributed by atoms with van der Waals surface area (Å²) in [4.78, 5) is 14.4. The van der Waals surface area contributed by atoms with Gasteiger partial charge >= 0.3 is 0 Å². The van der Waals surface area contributed by atoms with Gasteiger partial charge in [0.2, 0.25) is 0 Å². The molecule has 0 saturated heterocycles. The quantitative estimate of drug-likeness (QED) is 0.156. The van der Waals surface area contributed by atoms with E-state index >= 15 is 0 Å². The number of benzene rings is 5. The van der Waals surface area contributed by atoms with Gasteiger partial charge in [-0.2, -0.15) is 0 Å². The Kier molecular flexibility index (Phi) is 9.11. The van der Waals surface area contributed by atoms with Crippen molar-refractivity contribution in [2.45, 2.75) is 60.2 Å². The summed E-state index contributed by atoms with van der Waals surface area (Å²) >= 11 is 0. The van der Waals surface area contributed by atoms with Gasteiger partial charge < -0.3 is 14.0 Å². The van der Waals surface area contributed by atoms with E-state index in [9.17, 15) is 0 Å². The summed E-state index contributed by atoms with van der Waals surface area (Å²) in [5.74, 6) is 1.45. The number of furan rings is 1. The van der Waals surface area contributed by atoms with Gasteiger partial charge in [0.25, 0.3) is 0 Å². The van der Waals surface area contributed by atoms with Crippen LogP contribution in [0.25, 0.3) is 72.6 Å². The van der Waals surface area contributed by atoms with Crippen molar-refractivity contribution in [1.29, 1.82) is 0 Å². The number of pyridine rings is 2. The van der Waals surface area contributed by atoms with Crippen molar-refractivity contribution in [3.05, 3.63) is 168 Å². The van der Waals surface area contributed by atoms with Crippen molar-refractivity contribution in [3.63, 3.8) is 0 Å². The number of aromatic nitrogens is 4. The largest absolute Gasteiger partial charge is 0.501 e. The molecule has 0 aliphatic rings. The third kappa shape index (κ3) is 7.35. The fourth-order valence-corrected chi connectivity index (χ4v) is 7.14. The van der Waals surface area contributed by atoms with Gasteiger partial charge in [-0.05, 0) is 60.1 Å². The van der Waals surface area contributed by atoms with Crippen molar-refractivity contribution >= 4 is 33.0 Å². The Hall–Kier alpha value is -5.68. The van der Waals surface area contributed by atoms with Crippen molar-refractivity contribution in [3.8, 4) is 39.6 Å². The van der Waals surface area contributed by atoms with Gasteiger partial charge in [0.05, 0.1) is 33.8 Å². The number of rotatable bonds is 6. The summed E-state index contributed by atoms with van der Waals surface area (Å²) in [5, 5.41) is 2.16. The van der Waals surface area contributed by atoms with Crippen LogP contribution in [-0.2, 0) is 20.1 Å². The molecule has 0 fully saturated rings. The molecule has 1 radical (unpaired) electrons. The number of hydrogen-bond acceptors (Lipinski definition) is 4. The number of nitrogens with zero attached hydrogens (tertiary/aromatic N) is 4. The van der Waals surface area contributed by atoms with E-state index in [1.807, 2.05) is 24.3 Å². The molecule has 0 unspecified atom stereocenters. The van der Waals surface area contributed by atoms with Crippen LogP contribution in [-0.4, -0.2) is 19.5 Å². The monoisotopic (exact) mass is 915 g/mol. The van der Waals surface area contributed by atoms with E-state index in [0.29, 0.717) is 23.1 Å². The van der Waals surface area contributed by atoms with Gasteiger partial charge in [-0.1, -0.05) is 124 Å². The Morgan fingerprint density at radius 3 is 2.12 bits per heavy atom.